The molecule has 4 aliphatic rings. The number of hydrogen-bond acceptors (Lipinski definition) is 5. The molecule has 6 nitrogen and oxygen atoms in total. The van der Waals surface area contributed by atoms with Crippen LogP contribution in [0.1, 0.15) is 84.5 Å². The summed E-state index contributed by atoms with van der Waals surface area (Å²) in [5, 5.41) is 21.9. The first kappa shape index (κ1) is 20.7. The molecule has 0 aliphatic heterocycles. The summed E-state index contributed by atoms with van der Waals surface area (Å²) < 4.78 is 5.64. The molecular formula is C23H35NO5. The van der Waals surface area contributed by atoms with Crippen LogP contribution < -0.4 is 0 Å². The van der Waals surface area contributed by atoms with Gasteiger partial charge in [-0.1, -0.05) is 19.0 Å². The van der Waals surface area contributed by atoms with Crippen molar-refractivity contribution in [1.82, 2.24) is 0 Å². The molecule has 0 bridgehead atoms. The van der Waals surface area contributed by atoms with Gasteiger partial charge in [0.15, 0.2) is 0 Å². The van der Waals surface area contributed by atoms with Gasteiger partial charge in [0.25, 0.3) is 0 Å². The molecule has 4 fully saturated rings. The van der Waals surface area contributed by atoms with Gasteiger partial charge in [0.05, 0.1) is 18.6 Å². The topological polar surface area (TPSA) is 96.2 Å². The van der Waals surface area contributed by atoms with E-state index in [1.165, 1.54) is 19.3 Å². The van der Waals surface area contributed by atoms with Gasteiger partial charge in [0.2, 0.25) is 0 Å². The Morgan fingerprint density at radius 2 is 1.86 bits per heavy atom. The third-order valence-corrected chi connectivity index (χ3v) is 9.32. The number of rotatable bonds is 4. The van der Waals surface area contributed by atoms with Crippen LogP contribution in [0.5, 0.6) is 0 Å². The molecule has 0 saturated heterocycles. The quantitative estimate of drug-likeness (QED) is 0.404. The number of carboxylic acid groups (broad SMARTS) is 1. The van der Waals surface area contributed by atoms with Gasteiger partial charge >= 0.3 is 11.9 Å². The van der Waals surface area contributed by atoms with E-state index in [0.29, 0.717) is 29.1 Å². The van der Waals surface area contributed by atoms with Crippen molar-refractivity contribution in [2.24, 2.45) is 39.7 Å². The van der Waals surface area contributed by atoms with Crippen molar-refractivity contribution in [3.05, 3.63) is 0 Å². The Morgan fingerprint density at radius 3 is 2.59 bits per heavy atom. The van der Waals surface area contributed by atoms with E-state index in [1.807, 2.05) is 0 Å². The molecule has 4 aliphatic carbocycles. The fraction of sp³-hybridized carbons (Fsp3) is 0.870. The van der Waals surface area contributed by atoms with Crippen LogP contribution in [0.15, 0.2) is 5.16 Å². The van der Waals surface area contributed by atoms with Crippen molar-refractivity contribution in [2.45, 2.75) is 90.6 Å². The summed E-state index contributed by atoms with van der Waals surface area (Å²) >= 11 is 0. The molecule has 0 heterocycles. The molecule has 6 heteroatoms. The molecule has 0 radical (unpaired) electrons. The van der Waals surface area contributed by atoms with Gasteiger partial charge in [-0.05, 0) is 86.9 Å². The standard InChI is InChI=1S/C23H35NO5/c1-22-11-9-15(29-21(27)8-7-20(25)26)13-14(22)3-4-16-17-5-6-19(24-28)23(17,2)12-10-18(16)22/h14-18,28H,3-13H2,1-2H3,(H,25,26)/b24-19-/t14-,15+,16+,17+,18+,22+,23+/m1/s1. The molecule has 7 atom stereocenters. The Kier molecular flexibility index (Phi) is 5.41. The third-order valence-electron chi connectivity index (χ3n) is 9.32. The third kappa shape index (κ3) is 3.46. The van der Waals surface area contributed by atoms with Crippen molar-refractivity contribution in [3.63, 3.8) is 0 Å². The normalized spacial score (nSPS) is 45.2. The van der Waals surface area contributed by atoms with Crippen LogP contribution in [0.4, 0.5) is 0 Å². The SMILES string of the molecule is C[C@]12CC[C@H](OC(=O)CCC(=O)O)C[C@H]1CC[C@@H]1[C@@H]2CC[C@]2(C)/C(=N\O)CC[C@@H]12. The second kappa shape index (κ2) is 7.59. The van der Waals surface area contributed by atoms with Gasteiger partial charge in [-0.15, -0.1) is 0 Å². The zero-order chi connectivity index (χ0) is 20.8. The van der Waals surface area contributed by atoms with Crippen molar-refractivity contribution < 1.29 is 24.6 Å². The van der Waals surface area contributed by atoms with Gasteiger partial charge in [0.1, 0.15) is 6.10 Å². The highest BCUT2D eigenvalue weighted by Crippen LogP contribution is 2.65. The fourth-order valence-corrected chi connectivity index (χ4v) is 7.73. The Bertz CT molecular complexity index is 705. The highest BCUT2D eigenvalue weighted by Gasteiger charge is 2.59. The van der Waals surface area contributed by atoms with Gasteiger partial charge in [-0.2, -0.15) is 0 Å². The van der Waals surface area contributed by atoms with Gasteiger partial charge in [-0.3, -0.25) is 9.59 Å². The first-order valence-corrected chi connectivity index (χ1v) is 11.4. The minimum absolute atomic E-state index is 0.0343. The summed E-state index contributed by atoms with van der Waals surface area (Å²) in [6.07, 6.45) is 9.47. The maximum absolute atomic E-state index is 12.0. The minimum atomic E-state index is -0.956. The molecule has 2 N–H and O–H groups in total. The number of esters is 1. The minimum Gasteiger partial charge on any atom is -0.481 e. The number of fused-ring (bicyclic) bond motifs is 5. The lowest BCUT2D eigenvalue weighted by Crippen LogP contribution is -2.54. The van der Waals surface area contributed by atoms with Gasteiger partial charge in [0, 0.05) is 5.41 Å². The average molecular weight is 406 g/mol. The molecule has 0 unspecified atom stereocenters. The Labute approximate surface area is 173 Å². The Morgan fingerprint density at radius 1 is 1.07 bits per heavy atom. The van der Waals surface area contributed by atoms with E-state index < -0.39 is 5.97 Å². The lowest BCUT2D eigenvalue weighted by molar-refractivity contribution is -0.162. The summed E-state index contributed by atoms with van der Waals surface area (Å²) in [6.45, 7) is 4.79. The lowest BCUT2D eigenvalue weighted by atomic mass is 9.45. The Hall–Kier alpha value is -1.59. The summed E-state index contributed by atoms with van der Waals surface area (Å²) in [6, 6.07) is 0. The number of nitrogens with zero attached hydrogens (tertiary/aromatic N) is 1. The maximum Gasteiger partial charge on any atom is 0.306 e. The molecular weight excluding hydrogens is 370 g/mol. The van der Waals surface area contributed by atoms with Crippen molar-refractivity contribution in [3.8, 4) is 0 Å². The zero-order valence-corrected chi connectivity index (χ0v) is 17.7. The van der Waals surface area contributed by atoms with Crippen LogP contribution in [0.3, 0.4) is 0 Å². The molecule has 0 spiro atoms. The van der Waals surface area contributed by atoms with Crippen LogP contribution >= 0.6 is 0 Å². The van der Waals surface area contributed by atoms with Crippen LogP contribution in [-0.2, 0) is 14.3 Å². The molecule has 29 heavy (non-hydrogen) atoms. The number of carbonyl (C=O) groups excluding carboxylic acids is 1. The number of carbonyl (C=O) groups is 2. The second-order valence-corrected chi connectivity index (χ2v) is 10.5. The number of hydrogen-bond donors (Lipinski definition) is 2. The van der Waals surface area contributed by atoms with Crippen LogP contribution in [0, 0.1) is 34.5 Å². The van der Waals surface area contributed by atoms with Crippen molar-refractivity contribution in [2.75, 3.05) is 0 Å². The number of aliphatic carboxylic acids is 1. The molecule has 4 saturated carbocycles. The predicted octanol–water partition coefficient (Wildman–Crippen LogP) is 4.64. The van der Waals surface area contributed by atoms with E-state index in [2.05, 4.69) is 19.0 Å². The summed E-state index contributed by atoms with van der Waals surface area (Å²) in [4.78, 5) is 22.7. The van der Waals surface area contributed by atoms with Crippen molar-refractivity contribution >= 4 is 17.7 Å². The van der Waals surface area contributed by atoms with E-state index in [4.69, 9.17) is 9.84 Å². The zero-order valence-electron chi connectivity index (χ0n) is 17.7. The summed E-state index contributed by atoms with van der Waals surface area (Å²) in [5.74, 6) is 1.31. The Balaban J connectivity index is 1.42. The average Bonchev–Trinajstić information content (AvgIpc) is 3.03. The largest absolute Gasteiger partial charge is 0.481 e. The monoisotopic (exact) mass is 405 g/mol. The highest BCUT2D eigenvalue weighted by molar-refractivity contribution is 5.92. The smallest absolute Gasteiger partial charge is 0.306 e. The van der Waals surface area contributed by atoms with Crippen LogP contribution in [0.2, 0.25) is 0 Å². The number of oxime groups is 1. The summed E-state index contributed by atoms with van der Waals surface area (Å²) in [5.41, 5.74) is 1.40. The van der Waals surface area contributed by atoms with Crippen LogP contribution in [-0.4, -0.2) is 34.1 Å². The molecule has 0 amide bonds. The van der Waals surface area contributed by atoms with E-state index >= 15 is 0 Å². The summed E-state index contributed by atoms with van der Waals surface area (Å²) in [7, 11) is 0. The number of ether oxygens (including phenoxy) is 1. The molecule has 4 rings (SSSR count). The highest BCUT2D eigenvalue weighted by atomic mass is 16.5. The second-order valence-electron chi connectivity index (χ2n) is 10.5. The lowest BCUT2D eigenvalue weighted by Gasteiger charge is -2.60. The van der Waals surface area contributed by atoms with Gasteiger partial charge in [-0.25, -0.2) is 0 Å². The van der Waals surface area contributed by atoms with Crippen molar-refractivity contribution in [1.29, 1.82) is 0 Å². The molecule has 0 aromatic carbocycles. The first-order chi connectivity index (χ1) is 13.8. The molecule has 0 aromatic rings. The first-order valence-electron chi connectivity index (χ1n) is 11.4. The van der Waals surface area contributed by atoms with Gasteiger partial charge < -0.3 is 15.1 Å². The van der Waals surface area contributed by atoms with E-state index in [9.17, 15) is 14.8 Å². The molecule has 162 valence electrons. The van der Waals surface area contributed by atoms with Crippen LogP contribution in [0.25, 0.3) is 0 Å². The number of carboxylic acids is 1. The fourth-order valence-electron chi connectivity index (χ4n) is 7.73. The van der Waals surface area contributed by atoms with E-state index in [0.717, 1.165) is 44.2 Å². The van der Waals surface area contributed by atoms with E-state index in [-0.39, 0.29) is 30.3 Å². The van der Waals surface area contributed by atoms with E-state index in [1.54, 1.807) is 0 Å². The maximum atomic E-state index is 12.0. The predicted molar refractivity (Wildman–Crippen MR) is 108 cm³/mol. The molecule has 0 aromatic heterocycles.